The highest BCUT2D eigenvalue weighted by Gasteiger charge is 2.04. The first-order valence-electron chi connectivity index (χ1n) is 3.61. The maximum absolute atomic E-state index is 3.71. The Hall–Kier alpha value is -0.520. The van der Waals surface area contributed by atoms with Crippen molar-refractivity contribution in [2.75, 3.05) is 0 Å². The summed E-state index contributed by atoms with van der Waals surface area (Å²) in [5.74, 6) is 0.747. The van der Waals surface area contributed by atoms with Crippen molar-refractivity contribution in [2.45, 2.75) is 25.7 Å². The van der Waals surface area contributed by atoms with Crippen LogP contribution in [0.25, 0.3) is 0 Å². The minimum atomic E-state index is 0.747. The zero-order chi connectivity index (χ0) is 6.53. The molecule has 0 aromatic heterocycles. The van der Waals surface area contributed by atoms with E-state index in [1.165, 1.54) is 12.8 Å². The molecule has 9 heavy (non-hydrogen) atoms. The summed E-state index contributed by atoms with van der Waals surface area (Å²) in [5.41, 5.74) is 0. The summed E-state index contributed by atoms with van der Waals surface area (Å²) in [5, 5.41) is 0. The lowest BCUT2D eigenvalue weighted by Gasteiger charge is -2.12. The van der Waals surface area contributed by atoms with E-state index < -0.39 is 0 Å². The van der Waals surface area contributed by atoms with Crippen LogP contribution in [-0.4, -0.2) is 0 Å². The average molecular weight is 121 g/mol. The molecule has 0 heterocycles. The summed E-state index contributed by atoms with van der Waals surface area (Å²) in [7, 11) is 0. The lowest BCUT2D eigenvalue weighted by Crippen LogP contribution is -1.98. The number of allylic oxidation sites excluding steroid dienone is 3. The Morgan fingerprint density at radius 2 is 2.67 bits per heavy atom. The molecule has 1 unspecified atom stereocenters. The Kier molecular flexibility index (Phi) is 2.56. The van der Waals surface area contributed by atoms with E-state index in [1.54, 1.807) is 0 Å². The molecule has 0 amide bonds. The molecule has 0 aromatic carbocycles. The molecule has 1 radical (unpaired) electrons. The molecule has 49 valence electrons. The molecular formula is C9H13. The zero-order valence-corrected chi connectivity index (χ0v) is 5.77. The molecule has 0 heteroatoms. The van der Waals surface area contributed by atoms with Gasteiger partial charge in [0.05, 0.1) is 0 Å². The van der Waals surface area contributed by atoms with Crippen molar-refractivity contribution in [1.29, 1.82) is 0 Å². The Bertz CT molecular complexity index is 111. The first kappa shape index (κ1) is 6.60. The lowest BCUT2D eigenvalue weighted by atomic mass is 9.93. The fourth-order valence-electron chi connectivity index (χ4n) is 1.20. The van der Waals surface area contributed by atoms with Gasteiger partial charge in [-0.1, -0.05) is 12.2 Å². The third-order valence-corrected chi connectivity index (χ3v) is 1.72. The second kappa shape index (κ2) is 3.49. The topological polar surface area (TPSA) is 0 Å². The largest absolute Gasteiger partial charge is 0.103 e. The van der Waals surface area contributed by atoms with Crippen LogP contribution in [0.4, 0.5) is 0 Å². The van der Waals surface area contributed by atoms with E-state index in [9.17, 15) is 0 Å². The molecule has 0 bridgehead atoms. The summed E-state index contributed by atoms with van der Waals surface area (Å²) in [6.07, 6.45) is 12.4. The molecule has 0 aromatic rings. The van der Waals surface area contributed by atoms with Crippen LogP contribution in [0.3, 0.4) is 0 Å². The van der Waals surface area contributed by atoms with Crippen molar-refractivity contribution >= 4 is 0 Å². The second-order valence-corrected chi connectivity index (χ2v) is 2.55. The van der Waals surface area contributed by atoms with Gasteiger partial charge in [-0.25, -0.2) is 0 Å². The molecule has 0 saturated carbocycles. The van der Waals surface area contributed by atoms with Crippen LogP contribution in [0.15, 0.2) is 18.7 Å². The van der Waals surface area contributed by atoms with E-state index in [1.807, 2.05) is 6.08 Å². The standard InChI is InChI=1S/C9H13/c1-2-6-9-7-4-3-5-8-9/h2,8-9H,1,3-4,6-7H2. The van der Waals surface area contributed by atoms with Crippen LogP contribution in [0.5, 0.6) is 0 Å². The van der Waals surface area contributed by atoms with Crippen molar-refractivity contribution in [3.8, 4) is 0 Å². The van der Waals surface area contributed by atoms with E-state index in [0.29, 0.717) is 0 Å². The third-order valence-electron chi connectivity index (χ3n) is 1.72. The van der Waals surface area contributed by atoms with Crippen molar-refractivity contribution < 1.29 is 0 Å². The van der Waals surface area contributed by atoms with E-state index in [2.05, 4.69) is 18.7 Å². The highest BCUT2D eigenvalue weighted by molar-refractivity contribution is 4.90. The van der Waals surface area contributed by atoms with Crippen LogP contribution >= 0.6 is 0 Å². The molecular weight excluding hydrogens is 108 g/mol. The van der Waals surface area contributed by atoms with Crippen LogP contribution in [0, 0.1) is 12.0 Å². The van der Waals surface area contributed by atoms with Crippen molar-refractivity contribution in [1.82, 2.24) is 0 Å². The molecule has 0 N–H and O–H groups in total. The summed E-state index contributed by atoms with van der Waals surface area (Å²) >= 11 is 0. The van der Waals surface area contributed by atoms with Gasteiger partial charge in [-0.3, -0.25) is 0 Å². The van der Waals surface area contributed by atoms with E-state index in [4.69, 9.17) is 0 Å². The van der Waals surface area contributed by atoms with Gasteiger partial charge in [-0.05, 0) is 37.7 Å². The second-order valence-electron chi connectivity index (χ2n) is 2.55. The maximum atomic E-state index is 3.71. The summed E-state index contributed by atoms with van der Waals surface area (Å²) in [4.78, 5) is 0. The van der Waals surface area contributed by atoms with Gasteiger partial charge in [0.15, 0.2) is 0 Å². The van der Waals surface area contributed by atoms with E-state index in [-0.39, 0.29) is 0 Å². The van der Waals surface area contributed by atoms with Crippen molar-refractivity contribution in [2.24, 2.45) is 5.92 Å². The van der Waals surface area contributed by atoms with Gasteiger partial charge < -0.3 is 0 Å². The van der Waals surface area contributed by atoms with Crippen LogP contribution in [0.2, 0.25) is 0 Å². The van der Waals surface area contributed by atoms with Gasteiger partial charge in [0, 0.05) is 0 Å². The molecule has 0 spiro atoms. The third kappa shape index (κ3) is 2.05. The highest BCUT2D eigenvalue weighted by Crippen LogP contribution is 2.19. The Morgan fingerprint density at radius 3 is 3.22 bits per heavy atom. The quantitative estimate of drug-likeness (QED) is 0.493. The molecule has 0 fully saturated rings. The van der Waals surface area contributed by atoms with Crippen molar-refractivity contribution in [3.05, 3.63) is 24.8 Å². The Labute approximate surface area is 57.3 Å². The minimum absolute atomic E-state index is 0.747. The highest BCUT2D eigenvalue weighted by atomic mass is 14.1. The molecule has 1 aliphatic carbocycles. The lowest BCUT2D eigenvalue weighted by molar-refractivity contribution is 0.541. The fraction of sp³-hybridized carbons (Fsp3) is 0.556. The summed E-state index contributed by atoms with van der Waals surface area (Å²) in [6.45, 7) is 3.71. The average Bonchev–Trinajstić information content (AvgIpc) is 1.91. The minimum Gasteiger partial charge on any atom is -0.103 e. The molecule has 1 atom stereocenters. The molecule has 1 rings (SSSR count). The first-order chi connectivity index (χ1) is 4.43. The predicted molar refractivity (Wildman–Crippen MR) is 40.0 cm³/mol. The van der Waals surface area contributed by atoms with Crippen LogP contribution in [0.1, 0.15) is 25.7 Å². The van der Waals surface area contributed by atoms with Gasteiger partial charge >= 0.3 is 0 Å². The van der Waals surface area contributed by atoms with Gasteiger partial charge in [0.1, 0.15) is 0 Å². The van der Waals surface area contributed by atoms with E-state index in [0.717, 1.165) is 18.8 Å². The first-order valence-corrected chi connectivity index (χ1v) is 3.61. The van der Waals surface area contributed by atoms with Gasteiger partial charge in [-0.2, -0.15) is 0 Å². The molecule has 0 aliphatic heterocycles. The molecule has 0 nitrogen and oxygen atoms in total. The van der Waals surface area contributed by atoms with Gasteiger partial charge in [0.2, 0.25) is 0 Å². The Balaban J connectivity index is 2.31. The predicted octanol–water partition coefficient (Wildman–Crippen LogP) is 2.72. The molecule has 0 saturated heterocycles. The normalized spacial score (nSPS) is 26.0. The molecule has 1 aliphatic rings. The van der Waals surface area contributed by atoms with Crippen molar-refractivity contribution in [3.63, 3.8) is 0 Å². The monoisotopic (exact) mass is 121 g/mol. The van der Waals surface area contributed by atoms with Gasteiger partial charge in [-0.15, -0.1) is 6.58 Å². The number of rotatable bonds is 2. The number of hydrogen-bond donors (Lipinski definition) is 0. The summed E-state index contributed by atoms with van der Waals surface area (Å²) < 4.78 is 0. The SMILES string of the molecule is C=CCC1C=[C]CCC1. The zero-order valence-electron chi connectivity index (χ0n) is 5.77. The number of hydrogen-bond acceptors (Lipinski definition) is 0. The smallest absolute Gasteiger partial charge is 0.0193 e. The fourth-order valence-corrected chi connectivity index (χ4v) is 1.20. The van der Waals surface area contributed by atoms with Crippen LogP contribution < -0.4 is 0 Å². The van der Waals surface area contributed by atoms with Gasteiger partial charge in [0.25, 0.3) is 0 Å². The Morgan fingerprint density at radius 1 is 1.78 bits per heavy atom. The van der Waals surface area contributed by atoms with Crippen LogP contribution in [-0.2, 0) is 0 Å². The van der Waals surface area contributed by atoms with E-state index >= 15 is 0 Å². The maximum Gasteiger partial charge on any atom is -0.0193 e. The summed E-state index contributed by atoms with van der Waals surface area (Å²) in [6, 6.07) is 0.